The predicted molar refractivity (Wildman–Crippen MR) is 68.5 cm³/mol. The lowest BCUT2D eigenvalue weighted by Crippen LogP contribution is -2.40. The molecular weight excluding hydrogens is 198 g/mol. The van der Waals surface area contributed by atoms with Crippen LogP contribution in [0.5, 0.6) is 0 Å². The second-order valence-electron chi connectivity index (χ2n) is 5.71. The Labute approximate surface area is 99.1 Å². The first-order valence-corrected chi connectivity index (χ1v) is 6.04. The topological polar surface area (TPSA) is 43.8 Å². The largest absolute Gasteiger partial charge is 0.329 e. The average molecular weight is 223 g/mol. The van der Waals surface area contributed by atoms with E-state index >= 15 is 0 Å². The van der Waals surface area contributed by atoms with Crippen LogP contribution in [0.3, 0.4) is 0 Å². The van der Waals surface area contributed by atoms with Gasteiger partial charge in [0.25, 0.3) is 0 Å². The van der Waals surface area contributed by atoms with Gasteiger partial charge in [0, 0.05) is 11.7 Å². The van der Waals surface area contributed by atoms with Crippen LogP contribution in [-0.2, 0) is 0 Å². The Balaban J connectivity index is 3.17. The number of nitrogens with zero attached hydrogens (tertiary/aromatic N) is 2. The van der Waals surface area contributed by atoms with Gasteiger partial charge >= 0.3 is 0 Å². The summed E-state index contributed by atoms with van der Waals surface area (Å²) in [5, 5.41) is 0. The van der Waals surface area contributed by atoms with Gasteiger partial charge in [-0.3, -0.25) is 0 Å². The number of imidazole rings is 1. The van der Waals surface area contributed by atoms with E-state index in [9.17, 15) is 0 Å². The molecule has 0 aliphatic heterocycles. The quantitative estimate of drug-likeness (QED) is 0.856. The van der Waals surface area contributed by atoms with Crippen molar-refractivity contribution in [3.05, 3.63) is 17.7 Å². The molecule has 1 rings (SSSR count). The summed E-state index contributed by atoms with van der Waals surface area (Å²) in [7, 11) is 0. The van der Waals surface area contributed by atoms with Crippen LogP contribution in [0, 0.1) is 19.3 Å². The highest BCUT2D eigenvalue weighted by molar-refractivity contribution is 5.11. The van der Waals surface area contributed by atoms with Crippen molar-refractivity contribution in [3.63, 3.8) is 0 Å². The minimum absolute atomic E-state index is 0.146. The molecule has 0 aromatic carbocycles. The molecule has 2 N–H and O–H groups in total. The molecule has 3 heteroatoms. The molecule has 2 atom stereocenters. The number of nitrogens with two attached hydrogens (primary N) is 1. The molecule has 1 aromatic rings. The third-order valence-electron chi connectivity index (χ3n) is 3.35. The number of aromatic nitrogens is 2. The van der Waals surface area contributed by atoms with Gasteiger partial charge in [-0.1, -0.05) is 27.7 Å². The SMILES string of the molecule is CCC(N)C(n1cnc(C)c1C)C(C)(C)C. The first kappa shape index (κ1) is 13.2. The number of aryl methyl sites for hydroxylation is 1. The van der Waals surface area contributed by atoms with E-state index in [1.165, 1.54) is 5.69 Å². The van der Waals surface area contributed by atoms with Crippen molar-refractivity contribution < 1.29 is 0 Å². The molecule has 0 bridgehead atoms. The summed E-state index contributed by atoms with van der Waals surface area (Å²) in [6.45, 7) is 13.0. The smallest absolute Gasteiger partial charge is 0.0954 e. The average Bonchev–Trinajstić information content (AvgIpc) is 2.47. The Morgan fingerprint density at radius 1 is 1.38 bits per heavy atom. The van der Waals surface area contributed by atoms with Crippen LogP contribution >= 0.6 is 0 Å². The van der Waals surface area contributed by atoms with Crippen molar-refractivity contribution in [1.29, 1.82) is 0 Å². The molecule has 92 valence electrons. The maximum Gasteiger partial charge on any atom is 0.0954 e. The van der Waals surface area contributed by atoms with E-state index in [4.69, 9.17) is 5.73 Å². The lowest BCUT2D eigenvalue weighted by atomic mass is 9.81. The summed E-state index contributed by atoms with van der Waals surface area (Å²) in [5.74, 6) is 0. The summed E-state index contributed by atoms with van der Waals surface area (Å²) in [4.78, 5) is 4.37. The van der Waals surface area contributed by atoms with Crippen LogP contribution in [0.1, 0.15) is 51.5 Å². The van der Waals surface area contributed by atoms with Gasteiger partial charge in [-0.05, 0) is 25.7 Å². The Bertz CT molecular complexity index is 347. The zero-order chi connectivity index (χ0) is 12.5. The first-order chi connectivity index (χ1) is 7.29. The van der Waals surface area contributed by atoms with Crippen LogP contribution in [0.4, 0.5) is 0 Å². The van der Waals surface area contributed by atoms with Crippen LogP contribution in [0.15, 0.2) is 6.33 Å². The van der Waals surface area contributed by atoms with Crippen molar-refractivity contribution in [3.8, 4) is 0 Å². The molecule has 0 saturated carbocycles. The standard InChI is InChI=1S/C13H25N3/c1-7-11(14)12(13(4,5)6)16-8-15-9(2)10(16)3/h8,11-12H,7,14H2,1-6H3. The molecule has 1 aromatic heterocycles. The Morgan fingerprint density at radius 2 is 1.94 bits per heavy atom. The summed E-state index contributed by atoms with van der Waals surface area (Å²) in [5.41, 5.74) is 8.73. The molecule has 2 unspecified atom stereocenters. The van der Waals surface area contributed by atoms with Crippen molar-refractivity contribution in [2.75, 3.05) is 0 Å². The lowest BCUT2D eigenvalue weighted by molar-refractivity contribution is 0.199. The lowest BCUT2D eigenvalue weighted by Gasteiger charge is -2.36. The van der Waals surface area contributed by atoms with Gasteiger partial charge in [0.05, 0.1) is 18.1 Å². The zero-order valence-corrected chi connectivity index (χ0v) is 11.4. The van der Waals surface area contributed by atoms with Gasteiger partial charge < -0.3 is 10.3 Å². The molecule has 0 aliphatic rings. The monoisotopic (exact) mass is 223 g/mol. The maximum atomic E-state index is 6.26. The Kier molecular flexibility index (Phi) is 3.79. The third kappa shape index (κ3) is 2.46. The molecular formula is C13H25N3. The number of rotatable bonds is 3. The molecule has 3 nitrogen and oxygen atoms in total. The fraction of sp³-hybridized carbons (Fsp3) is 0.769. The fourth-order valence-electron chi connectivity index (χ4n) is 2.29. The maximum absolute atomic E-state index is 6.26. The Hall–Kier alpha value is -0.830. The van der Waals surface area contributed by atoms with Crippen LogP contribution in [-0.4, -0.2) is 15.6 Å². The Morgan fingerprint density at radius 3 is 2.25 bits per heavy atom. The second kappa shape index (κ2) is 4.58. The minimum atomic E-state index is 0.146. The van der Waals surface area contributed by atoms with Gasteiger partial charge in [-0.15, -0.1) is 0 Å². The highest BCUT2D eigenvalue weighted by Gasteiger charge is 2.31. The molecule has 0 spiro atoms. The summed E-state index contributed by atoms with van der Waals surface area (Å²) in [6, 6.07) is 0.478. The fourth-order valence-corrected chi connectivity index (χ4v) is 2.29. The summed E-state index contributed by atoms with van der Waals surface area (Å²) >= 11 is 0. The van der Waals surface area contributed by atoms with Gasteiger partial charge in [-0.25, -0.2) is 4.98 Å². The van der Waals surface area contributed by atoms with Crippen LogP contribution < -0.4 is 5.73 Å². The number of hydrogen-bond acceptors (Lipinski definition) is 2. The molecule has 0 saturated heterocycles. The molecule has 0 aliphatic carbocycles. The van der Waals surface area contributed by atoms with E-state index in [1.807, 2.05) is 13.3 Å². The van der Waals surface area contributed by atoms with Crippen molar-refractivity contribution in [1.82, 2.24) is 9.55 Å². The highest BCUT2D eigenvalue weighted by Crippen LogP contribution is 2.34. The summed E-state index contributed by atoms with van der Waals surface area (Å²) in [6.07, 6.45) is 2.91. The molecule has 0 amide bonds. The van der Waals surface area contributed by atoms with E-state index in [2.05, 4.69) is 44.2 Å². The third-order valence-corrected chi connectivity index (χ3v) is 3.35. The number of hydrogen-bond donors (Lipinski definition) is 1. The van der Waals surface area contributed by atoms with E-state index in [0.717, 1.165) is 12.1 Å². The van der Waals surface area contributed by atoms with Crippen LogP contribution in [0.25, 0.3) is 0 Å². The van der Waals surface area contributed by atoms with E-state index < -0.39 is 0 Å². The highest BCUT2D eigenvalue weighted by atomic mass is 15.1. The summed E-state index contributed by atoms with van der Waals surface area (Å²) < 4.78 is 2.24. The van der Waals surface area contributed by atoms with E-state index in [0.29, 0.717) is 6.04 Å². The van der Waals surface area contributed by atoms with E-state index in [1.54, 1.807) is 0 Å². The van der Waals surface area contributed by atoms with E-state index in [-0.39, 0.29) is 11.5 Å². The zero-order valence-electron chi connectivity index (χ0n) is 11.4. The molecule has 0 radical (unpaired) electrons. The second-order valence-corrected chi connectivity index (χ2v) is 5.71. The van der Waals surface area contributed by atoms with Crippen molar-refractivity contribution >= 4 is 0 Å². The molecule has 16 heavy (non-hydrogen) atoms. The van der Waals surface area contributed by atoms with Crippen molar-refractivity contribution in [2.45, 2.75) is 60.0 Å². The van der Waals surface area contributed by atoms with Gasteiger partial charge in [0.1, 0.15) is 0 Å². The first-order valence-electron chi connectivity index (χ1n) is 6.04. The van der Waals surface area contributed by atoms with Gasteiger partial charge in [-0.2, -0.15) is 0 Å². The van der Waals surface area contributed by atoms with Gasteiger partial charge in [0.2, 0.25) is 0 Å². The van der Waals surface area contributed by atoms with Gasteiger partial charge in [0.15, 0.2) is 0 Å². The predicted octanol–water partition coefficient (Wildman–Crippen LogP) is 2.82. The van der Waals surface area contributed by atoms with Crippen molar-refractivity contribution in [2.24, 2.45) is 11.1 Å². The normalized spacial score (nSPS) is 16.2. The molecule has 0 fully saturated rings. The molecule has 1 heterocycles. The minimum Gasteiger partial charge on any atom is -0.329 e. The van der Waals surface area contributed by atoms with Crippen LogP contribution in [0.2, 0.25) is 0 Å².